The quantitative estimate of drug-likeness (QED) is 0.537. The molecule has 1 atom stereocenters. The summed E-state index contributed by atoms with van der Waals surface area (Å²) in [7, 11) is 1.59. The van der Waals surface area contributed by atoms with Crippen LogP contribution in [0.4, 0.5) is 5.69 Å². The van der Waals surface area contributed by atoms with Crippen molar-refractivity contribution in [3.8, 4) is 5.75 Å². The third-order valence-corrected chi connectivity index (χ3v) is 5.98. The highest BCUT2D eigenvalue weighted by molar-refractivity contribution is 5.98. The highest BCUT2D eigenvalue weighted by Crippen LogP contribution is 2.27. The summed E-state index contributed by atoms with van der Waals surface area (Å²) in [6, 6.07) is 18.4. The molecule has 8 nitrogen and oxygen atoms in total. The Labute approximate surface area is 199 Å². The number of amides is 2. The Morgan fingerprint density at radius 2 is 1.82 bits per heavy atom. The lowest BCUT2D eigenvalue weighted by Crippen LogP contribution is -2.59. The predicted molar refractivity (Wildman–Crippen MR) is 130 cm³/mol. The fourth-order valence-corrected chi connectivity index (χ4v) is 4.15. The molecular formula is C26H29N5O3. The number of carbonyl (C=O) groups excluding carboxylic acids is 2. The van der Waals surface area contributed by atoms with Gasteiger partial charge in [0.15, 0.2) is 0 Å². The van der Waals surface area contributed by atoms with E-state index in [0.29, 0.717) is 49.7 Å². The Bertz CT molecular complexity index is 1120. The van der Waals surface area contributed by atoms with Crippen molar-refractivity contribution in [3.05, 3.63) is 89.7 Å². The van der Waals surface area contributed by atoms with Crippen molar-refractivity contribution in [3.63, 3.8) is 0 Å². The van der Waals surface area contributed by atoms with Crippen LogP contribution in [0, 0.1) is 0 Å². The molecule has 0 aliphatic carbocycles. The molecule has 0 unspecified atom stereocenters. The van der Waals surface area contributed by atoms with Crippen LogP contribution in [0.3, 0.4) is 0 Å². The van der Waals surface area contributed by atoms with Gasteiger partial charge in [0.1, 0.15) is 11.8 Å². The van der Waals surface area contributed by atoms with Crippen LogP contribution in [0.25, 0.3) is 0 Å². The minimum atomic E-state index is -0.694. The second-order valence-electron chi connectivity index (χ2n) is 8.26. The highest BCUT2D eigenvalue weighted by Gasteiger charge is 2.34. The van der Waals surface area contributed by atoms with Crippen LogP contribution in [0.2, 0.25) is 0 Å². The maximum Gasteiger partial charge on any atom is 0.254 e. The van der Waals surface area contributed by atoms with Crippen LogP contribution in [-0.4, -0.2) is 59.4 Å². The summed E-state index contributed by atoms with van der Waals surface area (Å²) in [6.45, 7) is 2.74. The van der Waals surface area contributed by atoms with Gasteiger partial charge in [0, 0.05) is 50.7 Å². The maximum atomic E-state index is 13.4. The van der Waals surface area contributed by atoms with Crippen LogP contribution in [0.1, 0.15) is 21.5 Å². The molecule has 34 heavy (non-hydrogen) atoms. The number of nitrogens with two attached hydrogens (primary N) is 1. The van der Waals surface area contributed by atoms with Crippen LogP contribution in [0.15, 0.2) is 73.1 Å². The molecule has 1 aliphatic heterocycles. The Kier molecular flexibility index (Phi) is 7.39. The lowest BCUT2D eigenvalue weighted by molar-refractivity contribution is -0.124. The second kappa shape index (κ2) is 10.8. The van der Waals surface area contributed by atoms with Crippen molar-refractivity contribution >= 4 is 17.5 Å². The van der Waals surface area contributed by atoms with E-state index >= 15 is 0 Å². The van der Waals surface area contributed by atoms with Gasteiger partial charge in [-0.3, -0.25) is 19.5 Å². The molecule has 4 rings (SSSR count). The Morgan fingerprint density at radius 1 is 1.06 bits per heavy atom. The number of piperazine rings is 1. The molecule has 3 N–H and O–H groups in total. The number of ether oxygens (including phenoxy) is 1. The van der Waals surface area contributed by atoms with E-state index in [-0.39, 0.29) is 5.91 Å². The number of methoxy groups -OCH3 is 1. The summed E-state index contributed by atoms with van der Waals surface area (Å²) in [5, 5.41) is 3.32. The van der Waals surface area contributed by atoms with Gasteiger partial charge in [-0.15, -0.1) is 0 Å². The van der Waals surface area contributed by atoms with E-state index in [4.69, 9.17) is 10.5 Å². The van der Waals surface area contributed by atoms with Gasteiger partial charge < -0.3 is 20.7 Å². The van der Waals surface area contributed by atoms with Crippen molar-refractivity contribution in [1.29, 1.82) is 0 Å². The number of benzene rings is 2. The Hall–Kier alpha value is -3.91. The largest absolute Gasteiger partial charge is 0.495 e. The predicted octanol–water partition coefficient (Wildman–Crippen LogP) is 2.51. The average molecular weight is 460 g/mol. The first-order valence-corrected chi connectivity index (χ1v) is 11.2. The van der Waals surface area contributed by atoms with E-state index in [1.807, 2.05) is 30.3 Å². The van der Waals surface area contributed by atoms with Crippen LogP contribution in [0.5, 0.6) is 5.75 Å². The van der Waals surface area contributed by atoms with Gasteiger partial charge in [0.25, 0.3) is 5.91 Å². The molecule has 2 aromatic carbocycles. The topological polar surface area (TPSA) is 101 Å². The summed E-state index contributed by atoms with van der Waals surface area (Å²) in [5.41, 5.74) is 9.10. The number of hydrogen-bond donors (Lipinski definition) is 2. The minimum Gasteiger partial charge on any atom is -0.495 e. The van der Waals surface area contributed by atoms with E-state index < -0.39 is 11.9 Å². The van der Waals surface area contributed by atoms with E-state index in [1.54, 1.807) is 42.6 Å². The van der Waals surface area contributed by atoms with Crippen molar-refractivity contribution in [2.45, 2.75) is 19.1 Å². The number of aromatic nitrogens is 1. The van der Waals surface area contributed by atoms with E-state index in [2.05, 4.69) is 27.3 Å². The first kappa shape index (κ1) is 23.3. The van der Waals surface area contributed by atoms with E-state index in [9.17, 15) is 9.59 Å². The number of nitrogens with one attached hydrogen (secondary N) is 1. The molecule has 3 aromatic rings. The second-order valence-corrected chi connectivity index (χ2v) is 8.26. The standard InChI is InChI=1S/C26H29N5O3/c1-34-24-8-7-21(15-22(24)29-16-19-9-11-28-12-10-19)26(33)31-14-13-30(18-23(31)25(27)32)17-20-5-3-2-4-6-20/h2-12,15,23,29H,13-14,16-18H2,1H3,(H2,27,32)/t23-/m1/s1. The van der Waals surface area contributed by atoms with Gasteiger partial charge in [-0.05, 0) is 41.5 Å². The number of anilines is 1. The molecule has 8 heteroatoms. The fraction of sp³-hybridized carbons (Fsp3) is 0.269. The van der Waals surface area contributed by atoms with Gasteiger partial charge >= 0.3 is 0 Å². The molecule has 2 heterocycles. The zero-order valence-corrected chi connectivity index (χ0v) is 19.2. The third-order valence-electron chi connectivity index (χ3n) is 5.98. The number of rotatable bonds is 8. The molecule has 1 aromatic heterocycles. The smallest absolute Gasteiger partial charge is 0.254 e. The minimum absolute atomic E-state index is 0.224. The first-order valence-electron chi connectivity index (χ1n) is 11.2. The summed E-state index contributed by atoms with van der Waals surface area (Å²) in [6.07, 6.45) is 3.46. The number of nitrogens with zero attached hydrogens (tertiary/aromatic N) is 3. The van der Waals surface area contributed by atoms with Crippen molar-refractivity contribution in [2.75, 3.05) is 32.1 Å². The normalized spacial score (nSPS) is 16.1. The Balaban J connectivity index is 1.49. The van der Waals surface area contributed by atoms with Crippen molar-refractivity contribution < 1.29 is 14.3 Å². The molecule has 0 radical (unpaired) electrons. The maximum absolute atomic E-state index is 13.4. The molecule has 1 fully saturated rings. The number of hydrogen-bond acceptors (Lipinski definition) is 6. The Morgan fingerprint density at radius 3 is 2.53 bits per heavy atom. The van der Waals surface area contributed by atoms with Gasteiger partial charge in [-0.1, -0.05) is 30.3 Å². The van der Waals surface area contributed by atoms with Gasteiger partial charge in [-0.2, -0.15) is 0 Å². The zero-order chi connectivity index (χ0) is 23.9. The van der Waals surface area contributed by atoms with Gasteiger partial charge in [0.05, 0.1) is 12.8 Å². The van der Waals surface area contributed by atoms with Gasteiger partial charge in [0.2, 0.25) is 5.91 Å². The monoisotopic (exact) mass is 459 g/mol. The third kappa shape index (κ3) is 5.52. The molecule has 2 amide bonds. The lowest BCUT2D eigenvalue weighted by Gasteiger charge is -2.40. The molecule has 0 saturated carbocycles. The molecule has 0 bridgehead atoms. The lowest BCUT2D eigenvalue weighted by atomic mass is 10.1. The highest BCUT2D eigenvalue weighted by atomic mass is 16.5. The molecule has 176 valence electrons. The summed E-state index contributed by atoms with van der Waals surface area (Å²) in [5.74, 6) is -0.0989. The summed E-state index contributed by atoms with van der Waals surface area (Å²) < 4.78 is 5.46. The summed E-state index contributed by atoms with van der Waals surface area (Å²) >= 11 is 0. The fourth-order valence-electron chi connectivity index (χ4n) is 4.15. The number of carbonyl (C=O) groups is 2. The van der Waals surface area contributed by atoms with Crippen molar-refractivity contribution in [1.82, 2.24) is 14.8 Å². The number of pyridine rings is 1. The van der Waals surface area contributed by atoms with Crippen LogP contribution < -0.4 is 15.8 Å². The van der Waals surface area contributed by atoms with Crippen molar-refractivity contribution in [2.24, 2.45) is 5.73 Å². The SMILES string of the molecule is COc1ccc(C(=O)N2CCN(Cc3ccccc3)C[C@@H]2C(N)=O)cc1NCc1ccncc1. The average Bonchev–Trinajstić information content (AvgIpc) is 2.88. The summed E-state index contributed by atoms with van der Waals surface area (Å²) in [4.78, 5) is 33.5. The van der Waals surface area contributed by atoms with E-state index in [0.717, 1.165) is 11.1 Å². The molecule has 1 aliphatic rings. The molecule has 1 saturated heterocycles. The number of primary amides is 1. The van der Waals surface area contributed by atoms with E-state index in [1.165, 1.54) is 0 Å². The molecular weight excluding hydrogens is 430 g/mol. The zero-order valence-electron chi connectivity index (χ0n) is 19.2. The first-order chi connectivity index (χ1) is 16.5. The van der Waals surface area contributed by atoms with Crippen LogP contribution >= 0.6 is 0 Å². The molecule has 0 spiro atoms. The van der Waals surface area contributed by atoms with Crippen LogP contribution in [-0.2, 0) is 17.9 Å². The van der Waals surface area contributed by atoms with Gasteiger partial charge in [-0.25, -0.2) is 0 Å².